The minimum absolute atomic E-state index is 0. The fourth-order valence-electron chi connectivity index (χ4n) is 0. The van der Waals surface area contributed by atoms with Gasteiger partial charge in [0.2, 0.25) is 0 Å². The molecule has 24 nitrogen and oxygen atoms in total. The molecule has 0 radical (unpaired) electrons. The topological polar surface area (TPSA) is 380 Å². The van der Waals surface area contributed by atoms with Gasteiger partial charge >= 0.3 is 93.1 Å². The third-order valence-corrected chi connectivity index (χ3v) is 0. The van der Waals surface area contributed by atoms with E-state index in [-0.39, 0.29) is 93.1 Å². The van der Waals surface area contributed by atoms with Crippen LogP contribution in [-0.4, -0.2) is 61.8 Å². The Morgan fingerprint density at radius 3 is 0.385 bits per heavy atom. The first-order valence-corrected chi connectivity index (χ1v) is 3.39. The van der Waals surface area contributed by atoms with E-state index in [2.05, 4.69) is 0 Å². The molecule has 0 saturated carbocycles. The molecule has 0 amide bonds. The van der Waals surface area contributed by atoms with E-state index in [1.165, 1.54) is 0 Å². The van der Waals surface area contributed by atoms with Gasteiger partial charge < -0.3 is 31.2 Å². The summed E-state index contributed by atoms with van der Waals surface area (Å²) in [6.45, 7) is 0. The Morgan fingerprint density at radius 1 is 0.385 bits per heavy atom. The SMILES string of the molecule is O=[N+]([O-])O.O=[N+]([O-])O.O=[N+]([O-])O.O=[N+]([O-])O.O=[N+]([O-])O.O=[N+]([O-])O.[Ce+4].[K+]. The summed E-state index contributed by atoms with van der Waals surface area (Å²) in [5, 5.41) is 81.8. The van der Waals surface area contributed by atoms with Gasteiger partial charge in [0.1, 0.15) is 0 Å². The summed E-state index contributed by atoms with van der Waals surface area (Å²) in [5.41, 5.74) is 0. The van der Waals surface area contributed by atoms with Crippen molar-refractivity contribution in [1.82, 2.24) is 0 Å². The second-order valence-corrected chi connectivity index (χ2v) is 1.43. The van der Waals surface area contributed by atoms with Gasteiger partial charge in [-0.25, -0.2) is 0 Å². The van der Waals surface area contributed by atoms with Gasteiger partial charge in [-0.3, -0.25) is 0 Å². The van der Waals surface area contributed by atoms with E-state index in [9.17, 15) is 0 Å². The van der Waals surface area contributed by atoms with Crippen molar-refractivity contribution >= 4 is 0 Å². The van der Waals surface area contributed by atoms with Gasteiger partial charge in [0.05, 0.1) is 0 Å². The summed E-state index contributed by atoms with van der Waals surface area (Å²) in [7, 11) is 0. The Hall–Kier alpha value is -1.79. The number of hydrogen-bond acceptors (Lipinski definition) is 12. The molecule has 6 N–H and O–H groups in total. The quantitative estimate of drug-likeness (QED) is 0.0920. The zero-order valence-electron chi connectivity index (χ0n) is 11.8. The second-order valence-electron chi connectivity index (χ2n) is 1.43. The largest absolute Gasteiger partial charge is 4.00 e. The summed E-state index contributed by atoms with van der Waals surface area (Å²) in [6, 6.07) is 0. The molecule has 0 aromatic rings. The van der Waals surface area contributed by atoms with Gasteiger partial charge in [-0.05, 0) is 0 Å². The molecule has 0 bridgehead atoms. The Labute approximate surface area is 213 Å². The molecule has 0 spiro atoms. The van der Waals surface area contributed by atoms with E-state index in [0.29, 0.717) is 0 Å². The molecule has 26 heteroatoms. The van der Waals surface area contributed by atoms with Crippen molar-refractivity contribution in [2.24, 2.45) is 0 Å². The smallest absolute Gasteiger partial charge is 0.328 e. The second kappa shape index (κ2) is 43.6. The van der Waals surface area contributed by atoms with Gasteiger partial charge in [-0.15, -0.1) is 60.7 Å². The Morgan fingerprint density at radius 2 is 0.385 bits per heavy atom. The molecule has 0 fully saturated rings. The molecule has 0 saturated heterocycles. The molecule has 0 aliphatic heterocycles. The molecule has 0 heterocycles. The number of nitrogens with zero attached hydrogens (tertiary/aromatic N) is 6. The number of rotatable bonds is 0. The van der Waals surface area contributed by atoms with Gasteiger partial charge in [0, 0.05) is 0 Å². The zero-order chi connectivity index (χ0) is 21.5. The Kier molecular flexibility index (Phi) is 83.2. The normalized spacial score (nSPS) is 5.54. The van der Waals surface area contributed by atoms with Crippen LogP contribution in [0.25, 0.3) is 0 Å². The van der Waals surface area contributed by atoms with Crippen molar-refractivity contribution in [2.45, 2.75) is 0 Å². The van der Waals surface area contributed by atoms with Crippen LogP contribution in [-0.2, 0) is 0 Å². The molecule has 0 aromatic carbocycles. The maximum atomic E-state index is 8.36. The van der Waals surface area contributed by atoms with E-state index in [1.807, 2.05) is 0 Å². The van der Waals surface area contributed by atoms with Crippen LogP contribution in [0.15, 0.2) is 0 Å². The fourth-order valence-corrected chi connectivity index (χ4v) is 0. The molecular formula is H6CeKN6O18+5. The summed E-state index contributed by atoms with van der Waals surface area (Å²) < 4.78 is 0. The summed E-state index contributed by atoms with van der Waals surface area (Å²) >= 11 is 0. The van der Waals surface area contributed by atoms with Crippen LogP contribution in [0, 0.1) is 102 Å². The van der Waals surface area contributed by atoms with E-state index in [1.54, 1.807) is 0 Å². The first-order chi connectivity index (χ1) is 10.4. The average molecular weight is 557 g/mol. The third-order valence-electron chi connectivity index (χ3n) is 0. The van der Waals surface area contributed by atoms with Crippen molar-refractivity contribution in [3.63, 3.8) is 0 Å². The van der Waals surface area contributed by atoms with Crippen LogP contribution in [0.1, 0.15) is 0 Å². The minimum atomic E-state index is -1.50. The monoisotopic (exact) mass is 557 g/mol. The first kappa shape index (κ1) is 49.6. The van der Waals surface area contributed by atoms with Crippen molar-refractivity contribution in [3.8, 4) is 0 Å². The van der Waals surface area contributed by atoms with E-state index < -0.39 is 30.5 Å². The number of hydrogen-bond donors (Lipinski definition) is 6. The molecule has 0 atom stereocenters. The van der Waals surface area contributed by atoms with Crippen molar-refractivity contribution in [1.29, 1.82) is 0 Å². The first-order valence-electron chi connectivity index (χ1n) is 3.39. The standard InChI is InChI=1S/Ce.K.6HNO3/c;;6*2-1(3)4/h;;6*(H,2,3,4)/q+4;+1;;;;;;. The van der Waals surface area contributed by atoms with Crippen LogP contribution in [0.4, 0.5) is 0 Å². The van der Waals surface area contributed by atoms with Crippen LogP contribution in [0.3, 0.4) is 0 Å². The van der Waals surface area contributed by atoms with Crippen LogP contribution in [0.5, 0.6) is 0 Å². The predicted molar refractivity (Wildman–Crippen MR) is 52.7 cm³/mol. The zero-order valence-corrected chi connectivity index (χ0v) is 18.0. The van der Waals surface area contributed by atoms with Crippen molar-refractivity contribution in [2.75, 3.05) is 0 Å². The van der Waals surface area contributed by atoms with Gasteiger partial charge in [0.15, 0.2) is 0 Å². The van der Waals surface area contributed by atoms with Gasteiger partial charge in [-0.1, -0.05) is 0 Å². The molecule has 26 heavy (non-hydrogen) atoms. The average Bonchev–Trinajstić information content (AvgIpc) is 2.08. The maximum absolute atomic E-state index is 8.36. The van der Waals surface area contributed by atoms with Crippen LogP contribution in [0.2, 0.25) is 0 Å². The maximum Gasteiger partial charge on any atom is 4.00 e. The molecule has 0 rings (SSSR count). The van der Waals surface area contributed by atoms with E-state index in [0.717, 1.165) is 0 Å². The third kappa shape index (κ3) is 3130. The molecule has 0 aromatic heterocycles. The molecule has 0 unspecified atom stereocenters. The summed E-state index contributed by atoms with van der Waals surface area (Å²) in [4.78, 5) is 50.2. The molecular weight excluding hydrogens is 551 g/mol. The summed E-state index contributed by atoms with van der Waals surface area (Å²) in [6.07, 6.45) is 0. The van der Waals surface area contributed by atoms with Crippen molar-refractivity contribution in [3.05, 3.63) is 60.7 Å². The van der Waals surface area contributed by atoms with Crippen molar-refractivity contribution < 1.29 is 155 Å². The predicted octanol–water partition coefficient (Wildman–Crippen LogP) is -5.08. The van der Waals surface area contributed by atoms with Crippen LogP contribution >= 0.6 is 0 Å². The van der Waals surface area contributed by atoms with Gasteiger partial charge in [-0.2, -0.15) is 0 Å². The minimum Gasteiger partial charge on any atom is -0.328 e. The summed E-state index contributed by atoms with van der Waals surface area (Å²) in [5.74, 6) is 0. The fraction of sp³-hybridized carbons (Fsp3) is 0. The molecule has 0 aliphatic rings. The van der Waals surface area contributed by atoms with E-state index >= 15 is 0 Å². The van der Waals surface area contributed by atoms with Crippen LogP contribution < -0.4 is 51.4 Å². The molecule has 0 aliphatic carbocycles. The Balaban J connectivity index is -0.0000000245. The molecule has 144 valence electrons. The van der Waals surface area contributed by atoms with E-state index in [4.69, 9.17) is 91.9 Å². The Bertz CT molecular complexity index is 263. The van der Waals surface area contributed by atoms with Gasteiger partial charge in [0.25, 0.3) is 30.5 Å².